The summed E-state index contributed by atoms with van der Waals surface area (Å²) >= 11 is 1.19. The molecule has 0 spiro atoms. The molecule has 1 aromatic carbocycles. The predicted octanol–water partition coefficient (Wildman–Crippen LogP) is 2.21. The number of hydrogen-bond acceptors (Lipinski definition) is 6. The van der Waals surface area contributed by atoms with E-state index in [0.717, 1.165) is 0 Å². The van der Waals surface area contributed by atoms with Crippen molar-refractivity contribution < 1.29 is 18.7 Å². The van der Waals surface area contributed by atoms with Gasteiger partial charge in [0.15, 0.2) is 5.16 Å². The Balaban J connectivity index is 1.62. The van der Waals surface area contributed by atoms with Gasteiger partial charge in [-0.05, 0) is 25.5 Å². The highest BCUT2D eigenvalue weighted by molar-refractivity contribution is 7.99. The molecule has 10 heteroatoms. The van der Waals surface area contributed by atoms with Crippen molar-refractivity contribution in [3.63, 3.8) is 0 Å². The average Bonchev–Trinajstić information content (AvgIpc) is 2.79. The molecule has 0 aliphatic carbocycles. The van der Waals surface area contributed by atoms with E-state index in [2.05, 4.69) is 4.98 Å². The predicted molar refractivity (Wildman–Crippen MR) is 119 cm³/mol. The van der Waals surface area contributed by atoms with Crippen LogP contribution >= 0.6 is 11.8 Å². The molecular weight excluding hydrogens is 435 g/mol. The van der Waals surface area contributed by atoms with Gasteiger partial charge in [0, 0.05) is 50.9 Å². The van der Waals surface area contributed by atoms with E-state index in [4.69, 9.17) is 4.74 Å². The normalized spacial score (nSPS) is 13.9. The van der Waals surface area contributed by atoms with Crippen molar-refractivity contribution in [2.75, 3.05) is 38.5 Å². The van der Waals surface area contributed by atoms with Crippen molar-refractivity contribution in [3.05, 3.63) is 57.3 Å². The Morgan fingerprint density at radius 3 is 2.47 bits per heavy atom. The largest absolute Gasteiger partial charge is 0.450 e. The molecule has 0 atom stereocenters. The van der Waals surface area contributed by atoms with Crippen LogP contribution in [-0.2, 0) is 23.0 Å². The second-order valence-corrected chi connectivity index (χ2v) is 8.39. The van der Waals surface area contributed by atoms with E-state index in [1.165, 1.54) is 22.4 Å². The number of hydrogen-bond donors (Lipinski definition) is 0. The van der Waals surface area contributed by atoms with Crippen molar-refractivity contribution in [3.8, 4) is 0 Å². The first-order valence-corrected chi connectivity index (χ1v) is 11.4. The number of ether oxygens (including phenoxy) is 1. The number of nitrogens with zero attached hydrogens (tertiary/aromatic N) is 4. The Bertz CT molecular complexity index is 1050. The lowest BCUT2D eigenvalue weighted by molar-refractivity contribution is -0.129. The first kappa shape index (κ1) is 23.8. The van der Waals surface area contributed by atoms with E-state index < -0.39 is 0 Å². The zero-order valence-electron chi connectivity index (χ0n) is 18.5. The fourth-order valence-electron chi connectivity index (χ4n) is 3.47. The molecule has 0 saturated carbocycles. The SMILES string of the molecule is CCOC(=O)N1CCN(C(=O)CSc2nc(C)c(Cc3ccccc3F)c(=O)n2C)CC1. The Kier molecular flexibility index (Phi) is 7.89. The van der Waals surface area contributed by atoms with Crippen LogP contribution in [0.3, 0.4) is 0 Å². The van der Waals surface area contributed by atoms with Crippen molar-refractivity contribution in [2.45, 2.75) is 25.4 Å². The van der Waals surface area contributed by atoms with Gasteiger partial charge in [0.25, 0.3) is 5.56 Å². The average molecular weight is 463 g/mol. The molecule has 172 valence electrons. The summed E-state index contributed by atoms with van der Waals surface area (Å²) in [4.78, 5) is 45.0. The number of rotatable bonds is 6. The third-order valence-electron chi connectivity index (χ3n) is 5.36. The highest BCUT2D eigenvalue weighted by Gasteiger charge is 2.25. The second-order valence-electron chi connectivity index (χ2n) is 7.45. The standard InChI is InChI=1S/C22H27FN4O4S/c1-4-31-22(30)27-11-9-26(10-12-27)19(28)14-32-21-24-15(2)17(20(29)25(21)3)13-16-7-5-6-8-18(16)23/h5-8H,4,9-14H2,1-3H3. The van der Waals surface area contributed by atoms with Crippen LogP contribution in [0.5, 0.6) is 0 Å². The Morgan fingerprint density at radius 2 is 1.81 bits per heavy atom. The van der Waals surface area contributed by atoms with Crippen molar-refractivity contribution in [1.29, 1.82) is 0 Å². The zero-order chi connectivity index (χ0) is 23.3. The summed E-state index contributed by atoms with van der Waals surface area (Å²) in [5, 5.41) is 0.434. The van der Waals surface area contributed by atoms with Crippen LogP contribution in [0.25, 0.3) is 0 Å². The first-order chi connectivity index (χ1) is 15.3. The van der Waals surface area contributed by atoms with Crippen LogP contribution in [0.1, 0.15) is 23.7 Å². The number of benzene rings is 1. The Morgan fingerprint density at radius 1 is 1.16 bits per heavy atom. The molecule has 3 rings (SSSR count). The molecule has 1 aromatic heterocycles. The van der Waals surface area contributed by atoms with E-state index in [1.54, 1.807) is 48.9 Å². The van der Waals surface area contributed by atoms with Crippen molar-refractivity contribution in [2.24, 2.45) is 7.05 Å². The quantitative estimate of drug-likeness (QED) is 0.484. The number of aryl methyl sites for hydroxylation is 1. The fourth-order valence-corrected chi connectivity index (χ4v) is 4.38. The van der Waals surface area contributed by atoms with Crippen molar-refractivity contribution >= 4 is 23.8 Å². The summed E-state index contributed by atoms with van der Waals surface area (Å²) in [5.41, 5.74) is 1.14. The number of thioether (sulfide) groups is 1. The smallest absolute Gasteiger partial charge is 0.409 e. The van der Waals surface area contributed by atoms with Gasteiger partial charge >= 0.3 is 6.09 Å². The van der Waals surface area contributed by atoms with Gasteiger partial charge in [-0.25, -0.2) is 14.2 Å². The Labute approximate surface area is 190 Å². The maximum Gasteiger partial charge on any atom is 0.409 e. The minimum absolute atomic E-state index is 0.0826. The van der Waals surface area contributed by atoms with Gasteiger partial charge in [0.2, 0.25) is 5.91 Å². The first-order valence-electron chi connectivity index (χ1n) is 10.4. The molecular formula is C22H27FN4O4S. The zero-order valence-corrected chi connectivity index (χ0v) is 19.3. The lowest BCUT2D eigenvalue weighted by Crippen LogP contribution is -2.51. The molecule has 2 amide bonds. The van der Waals surface area contributed by atoms with E-state index in [0.29, 0.717) is 54.8 Å². The fraction of sp³-hybridized carbons (Fsp3) is 0.455. The molecule has 1 fully saturated rings. The van der Waals surface area contributed by atoms with E-state index in [1.807, 2.05) is 0 Å². The summed E-state index contributed by atoms with van der Waals surface area (Å²) in [6.45, 7) is 5.52. The number of carbonyl (C=O) groups is 2. The number of carbonyl (C=O) groups excluding carboxylic acids is 2. The Hall–Kier alpha value is -2.88. The third kappa shape index (κ3) is 5.48. The summed E-state index contributed by atoms with van der Waals surface area (Å²) in [6, 6.07) is 6.35. The minimum Gasteiger partial charge on any atom is -0.450 e. The molecule has 0 radical (unpaired) electrons. The van der Waals surface area contributed by atoms with Crippen LogP contribution in [0.4, 0.5) is 9.18 Å². The van der Waals surface area contributed by atoms with E-state index in [9.17, 15) is 18.8 Å². The van der Waals surface area contributed by atoms with Crippen LogP contribution in [0.2, 0.25) is 0 Å². The van der Waals surface area contributed by atoms with E-state index in [-0.39, 0.29) is 35.6 Å². The van der Waals surface area contributed by atoms with Crippen molar-refractivity contribution in [1.82, 2.24) is 19.4 Å². The molecule has 32 heavy (non-hydrogen) atoms. The molecule has 2 heterocycles. The highest BCUT2D eigenvalue weighted by Crippen LogP contribution is 2.18. The maximum atomic E-state index is 14.0. The van der Waals surface area contributed by atoms with Gasteiger partial charge in [-0.3, -0.25) is 14.2 Å². The summed E-state index contributed by atoms with van der Waals surface area (Å²) in [5.74, 6) is -0.312. The van der Waals surface area contributed by atoms with Crippen LogP contribution in [-0.4, -0.2) is 69.9 Å². The molecule has 0 N–H and O–H groups in total. The lowest BCUT2D eigenvalue weighted by Gasteiger charge is -2.34. The minimum atomic E-state index is -0.362. The molecule has 8 nitrogen and oxygen atoms in total. The maximum absolute atomic E-state index is 14.0. The van der Waals surface area contributed by atoms with Gasteiger partial charge < -0.3 is 14.5 Å². The number of halogens is 1. The molecule has 0 bridgehead atoms. The molecule has 1 aliphatic rings. The highest BCUT2D eigenvalue weighted by atomic mass is 32.2. The van der Waals surface area contributed by atoms with E-state index >= 15 is 0 Å². The molecule has 1 aliphatic heterocycles. The van der Waals surface area contributed by atoms with Gasteiger partial charge in [-0.2, -0.15) is 0 Å². The van der Waals surface area contributed by atoms with Gasteiger partial charge in [0.05, 0.1) is 12.4 Å². The van der Waals surface area contributed by atoms with Crippen LogP contribution in [0.15, 0.2) is 34.2 Å². The van der Waals surface area contributed by atoms with Crippen LogP contribution in [0, 0.1) is 12.7 Å². The van der Waals surface area contributed by atoms with Crippen LogP contribution < -0.4 is 5.56 Å². The second kappa shape index (κ2) is 10.6. The van der Waals surface area contributed by atoms with Gasteiger partial charge in [-0.1, -0.05) is 30.0 Å². The summed E-state index contributed by atoms with van der Waals surface area (Å²) < 4.78 is 20.4. The number of aromatic nitrogens is 2. The topological polar surface area (TPSA) is 84.7 Å². The molecule has 1 saturated heterocycles. The van der Waals surface area contributed by atoms with Gasteiger partial charge in [-0.15, -0.1) is 0 Å². The lowest BCUT2D eigenvalue weighted by atomic mass is 10.0. The van der Waals surface area contributed by atoms with Gasteiger partial charge in [0.1, 0.15) is 5.82 Å². The molecule has 2 aromatic rings. The molecule has 0 unspecified atom stereocenters. The number of amides is 2. The monoisotopic (exact) mass is 462 g/mol. The summed E-state index contributed by atoms with van der Waals surface area (Å²) in [7, 11) is 1.60. The number of piperazine rings is 1. The summed E-state index contributed by atoms with van der Waals surface area (Å²) in [6.07, 6.45) is -0.202. The third-order valence-corrected chi connectivity index (χ3v) is 6.37.